The predicted octanol–water partition coefficient (Wildman–Crippen LogP) is 3.09. The normalized spacial score (nSPS) is 34.4. The number of hydrogen-bond acceptors (Lipinski definition) is 4. The molecule has 1 amide bonds. The van der Waals surface area contributed by atoms with Gasteiger partial charge in [-0.3, -0.25) is 4.79 Å². The number of rotatable bonds is 5. The number of nitrogens with zero attached hydrogens (tertiary/aromatic N) is 1. The second-order valence-corrected chi connectivity index (χ2v) is 9.49. The monoisotopic (exact) mass is 352 g/mol. The lowest BCUT2D eigenvalue weighted by Gasteiger charge is -2.48. The van der Waals surface area contributed by atoms with Crippen molar-refractivity contribution in [2.24, 2.45) is 5.92 Å². The van der Waals surface area contributed by atoms with E-state index >= 15 is 0 Å². The molecule has 1 heterocycles. The van der Waals surface area contributed by atoms with Crippen LogP contribution >= 0.6 is 0 Å². The number of nitrogens with one attached hydrogen (secondary N) is 1. The van der Waals surface area contributed by atoms with E-state index < -0.39 is 0 Å². The van der Waals surface area contributed by atoms with Crippen molar-refractivity contribution >= 4 is 13.0 Å². The highest BCUT2D eigenvalue weighted by molar-refractivity contribution is 6.45. The van der Waals surface area contributed by atoms with Gasteiger partial charge in [0.25, 0.3) is 0 Å². The van der Waals surface area contributed by atoms with Gasteiger partial charge in [-0.1, -0.05) is 6.42 Å². The van der Waals surface area contributed by atoms with Crippen molar-refractivity contribution in [1.82, 2.24) is 10.2 Å². The molecule has 0 aromatic rings. The van der Waals surface area contributed by atoms with Crippen molar-refractivity contribution in [3.05, 3.63) is 0 Å². The molecule has 1 aliphatic heterocycles. The van der Waals surface area contributed by atoms with Crippen LogP contribution in [0, 0.1) is 5.92 Å². The van der Waals surface area contributed by atoms with Crippen LogP contribution in [-0.4, -0.2) is 54.8 Å². The van der Waals surface area contributed by atoms with Gasteiger partial charge in [-0.2, -0.15) is 0 Å². The van der Waals surface area contributed by atoms with E-state index in [0.717, 1.165) is 25.6 Å². The summed E-state index contributed by atoms with van der Waals surface area (Å²) in [6.45, 7) is 12.2. The van der Waals surface area contributed by atoms with Gasteiger partial charge in [0.05, 0.1) is 16.7 Å². The molecule has 1 saturated heterocycles. The Kier molecular flexibility index (Phi) is 5.97. The molecule has 6 heteroatoms. The summed E-state index contributed by atoms with van der Waals surface area (Å²) >= 11 is 0. The van der Waals surface area contributed by atoms with Gasteiger partial charge in [0.2, 0.25) is 5.91 Å². The van der Waals surface area contributed by atoms with E-state index in [1.165, 1.54) is 6.42 Å². The number of carbonyl (C=O) groups excluding carboxylic acids is 1. The molecular formula is C19H37BN2O3. The maximum absolute atomic E-state index is 11.7. The van der Waals surface area contributed by atoms with E-state index in [2.05, 4.69) is 58.9 Å². The summed E-state index contributed by atoms with van der Waals surface area (Å²) in [5.41, 5.74) is -0.690. The highest BCUT2D eigenvalue weighted by Crippen LogP contribution is 2.41. The SMILES string of the molecule is CC(=O)N[C@]1(C)C[C@H](CCB2OC(C)(C)C(C)(C)O2)CCC1N(C)C. The molecule has 1 unspecified atom stereocenters. The molecule has 144 valence electrons. The van der Waals surface area contributed by atoms with Gasteiger partial charge in [-0.05, 0) is 80.2 Å². The first kappa shape index (κ1) is 20.7. The molecule has 2 aliphatic rings. The first-order valence-electron chi connectivity index (χ1n) is 9.67. The lowest BCUT2D eigenvalue weighted by atomic mass is 9.68. The van der Waals surface area contributed by atoms with Crippen LogP contribution in [-0.2, 0) is 14.1 Å². The molecule has 0 bridgehead atoms. The summed E-state index contributed by atoms with van der Waals surface area (Å²) in [6.07, 6.45) is 5.30. The van der Waals surface area contributed by atoms with E-state index in [4.69, 9.17) is 9.31 Å². The average Bonchev–Trinajstić information content (AvgIpc) is 2.62. The Balaban J connectivity index is 1.95. The molecule has 2 rings (SSSR count). The molecular weight excluding hydrogens is 315 g/mol. The number of likely N-dealkylation sites (N-methyl/N-ethyl adjacent to an activating group) is 1. The smallest absolute Gasteiger partial charge is 0.403 e. The first-order valence-corrected chi connectivity index (χ1v) is 9.67. The van der Waals surface area contributed by atoms with E-state index in [1.807, 2.05) is 0 Å². The van der Waals surface area contributed by atoms with Crippen molar-refractivity contribution in [1.29, 1.82) is 0 Å². The van der Waals surface area contributed by atoms with Crippen LogP contribution in [0.1, 0.15) is 67.2 Å². The maximum atomic E-state index is 11.7. The Morgan fingerprint density at radius 1 is 1.12 bits per heavy atom. The van der Waals surface area contributed by atoms with Gasteiger partial charge >= 0.3 is 7.12 Å². The Labute approximate surface area is 154 Å². The molecule has 25 heavy (non-hydrogen) atoms. The standard InChI is InChI=1S/C19H37BN2O3/c1-14(23)21-19(6)13-15(9-10-16(19)22(7)8)11-12-20-24-17(2,3)18(4,5)25-20/h15-16H,9-13H2,1-8H3,(H,21,23)/t15-,16?,19+/m0/s1. The Morgan fingerprint density at radius 2 is 1.68 bits per heavy atom. The number of hydrogen-bond donors (Lipinski definition) is 1. The quantitative estimate of drug-likeness (QED) is 0.773. The second kappa shape index (κ2) is 7.20. The first-order chi connectivity index (χ1) is 11.4. The molecule has 3 atom stereocenters. The zero-order valence-corrected chi connectivity index (χ0v) is 17.4. The Bertz CT molecular complexity index is 479. The number of carbonyl (C=O) groups is 1. The fourth-order valence-electron chi connectivity index (χ4n) is 4.62. The summed E-state index contributed by atoms with van der Waals surface area (Å²) in [6, 6.07) is 0.379. The van der Waals surface area contributed by atoms with Crippen molar-refractivity contribution in [3.8, 4) is 0 Å². The lowest BCUT2D eigenvalue weighted by molar-refractivity contribution is -0.122. The van der Waals surface area contributed by atoms with Gasteiger partial charge in [0, 0.05) is 13.0 Å². The number of amides is 1. The third-order valence-corrected chi connectivity index (χ3v) is 6.49. The van der Waals surface area contributed by atoms with Crippen LogP contribution < -0.4 is 5.32 Å². The summed E-state index contributed by atoms with van der Waals surface area (Å²) < 4.78 is 12.3. The fraction of sp³-hybridized carbons (Fsp3) is 0.947. The summed E-state index contributed by atoms with van der Waals surface area (Å²) in [7, 11) is 4.09. The van der Waals surface area contributed by atoms with Gasteiger partial charge in [-0.15, -0.1) is 0 Å². The van der Waals surface area contributed by atoms with Crippen LogP contribution in [0.3, 0.4) is 0 Å². The molecule has 1 N–H and O–H groups in total. The van der Waals surface area contributed by atoms with Gasteiger partial charge in [0.1, 0.15) is 0 Å². The third kappa shape index (κ3) is 4.58. The minimum Gasteiger partial charge on any atom is -0.403 e. The molecule has 0 aromatic carbocycles. The van der Waals surface area contributed by atoms with E-state index in [1.54, 1.807) is 6.92 Å². The van der Waals surface area contributed by atoms with Crippen LogP contribution in [0.5, 0.6) is 0 Å². The van der Waals surface area contributed by atoms with E-state index in [9.17, 15) is 4.79 Å². The molecule has 0 spiro atoms. The minimum atomic E-state index is -0.259. The van der Waals surface area contributed by atoms with Crippen LogP contribution in [0.2, 0.25) is 6.32 Å². The predicted molar refractivity (Wildman–Crippen MR) is 103 cm³/mol. The summed E-state index contributed by atoms with van der Waals surface area (Å²) in [5, 5.41) is 3.23. The topological polar surface area (TPSA) is 50.8 Å². The summed E-state index contributed by atoms with van der Waals surface area (Å²) in [5.74, 6) is 0.646. The van der Waals surface area contributed by atoms with Crippen LogP contribution in [0.25, 0.3) is 0 Å². The molecule has 5 nitrogen and oxygen atoms in total. The van der Waals surface area contributed by atoms with Crippen molar-refractivity contribution in [2.75, 3.05) is 14.1 Å². The van der Waals surface area contributed by atoms with Crippen molar-refractivity contribution in [2.45, 2.75) is 96.3 Å². The van der Waals surface area contributed by atoms with E-state index in [0.29, 0.717) is 12.0 Å². The maximum Gasteiger partial charge on any atom is 0.457 e. The highest BCUT2D eigenvalue weighted by atomic mass is 16.7. The largest absolute Gasteiger partial charge is 0.457 e. The van der Waals surface area contributed by atoms with Crippen LogP contribution in [0.4, 0.5) is 0 Å². The molecule has 1 saturated carbocycles. The van der Waals surface area contributed by atoms with Gasteiger partial charge in [0.15, 0.2) is 0 Å². The second-order valence-electron chi connectivity index (χ2n) is 9.49. The fourth-order valence-corrected chi connectivity index (χ4v) is 4.62. The molecule has 0 aromatic heterocycles. The zero-order valence-electron chi connectivity index (χ0n) is 17.4. The zero-order chi connectivity index (χ0) is 19.0. The van der Waals surface area contributed by atoms with Gasteiger partial charge < -0.3 is 19.5 Å². The Hall–Kier alpha value is -0.585. The third-order valence-electron chi connectivity index (χ3n) is 6.49. The molecule has 1 aliphatic carbocycles. The van der Waals surface area contributed by atoms with E-state index in [-0.39, 0.29) is 29.8 Å². The highest BCUT2D eigenvalue weighted by Gasteiger charge is 2.51. The molecule has 0 radical (unpaired) electrons. The average molecular weight is 352 g/mol. The minimum absolute atomic E-state index is 0.0564. The van der Waals surface area contributed by atoms with Crippen molar-refractivity contribution in [3.63, 3.8) is 0 Å². The Morgan fingerprint density at radius 3 is 2.16 bits per heavy atom. The van der Waals surface area contributed by atoms with Crippen LogP contribution in [0.15, 0.2) is 0 Å². The summed E-state index contributed by atoms with van der Waals surface area (Å²) in [4.78, 5) is 14.0. The lowest BCUT2D eigenvalue weighted by Crippen LogP contribution is -2.61. The van der Waals surface area contributed by atoms with Crippen molar-refractivity contribution < 1.29 is 14.1 Å². The van der Waals surface area contributed by atoms with Gasteiger partial charge in [-0.25, -0.2) is 0 Å². The molecule has 2 fully saturated rings.